The van der Waals surface area contributed by atoms with Crippen LogP contribution in [0.3, 0.4) is 0 Å². The fourth-order valence-electron chi connectivity index (χ4n) is 1.64. The first kappa shape index (κ1) is 10.5. The predicted molar refractivity (Wildman–Crippen MR) is 51.4 cm³/mol. The first-order valence-electron chi connectivity index (χ1n) is 5.02. The molecule has 0 aromatic heterocycles. The second-order valence-electron chi connectivity index (χ2n) is 3.89. The third-order valence-corrected chi connectivity index (χ3v) is 2.73. The minimum Gasteiger partial charge on any atom is -0.468 e. The summed E-state index contributed by atoms with van der Waals surface area (Å²) in [6.45, 7) is 2.46. The van der Waals surface area contributed by atoms with Gasteiger partial charge in [-0.3, -0.25) is 4.79 Å². The van der Waals surface area contributed by atoms with Crippen molar-refractivity contribution in [3.8, 4) is 0 Å². The Hall–Kier alpha value is -0.570. The van der Waals surface area contributed by atoms with Gasteiger partial charge in [0.1, 0.15) is 0 Å². The molecule has 13 heavy (non-hydrogen) atoms. The Kier molecular flexibility index (Phi) is 4.22. The van der Waals surface area contributed by atoms with Crippen molar-refractivity contribution >= 4 is 5.97 Å². The Morgan fingerprint density at radius 3 is 2.77 bits per heavy atom. The summed E-state index contributed by atoms with van der Waals surface area (Å²) < 4.78 is 4.54. The van der Waals surface area contributed by atoms with Crippen LogP contribution in [0.15, 0.2) is 0 Å². The van der Waals surface area contributed by atoms with Gasteiger partial charge in [-0.15, -0.1) is 0 Å². The Balaban J connectivity index is 2.02. The van der Waals surface area contributed by atoms with Crippen molar-refractivity contribution in [3.05, 3.63) is 0 Å². The summed E-state index contributed by atoms with van der Waals surface area (Å²) in [6, 6.07) is 0.435. The van der Waals surface area contributed by atoms with Crippen LogP contribution in [0.1, 0.15) is 32.6 Å². The topological polar surface area (TPSA) is 38.3 Å². The van der Waals surface area contributed by atoms with Gasteiger partial charge in [0.25, 0.3) is 0 Å². The lowest BCUT2D eigenvalue weighted by atomic mass is 9.81. The summed E-state index contributed by atoms with van der Waals surface area (Å²) >= 11 is 0. The maximum Gasteiger partial charge on any atom is 0.319 e. The highest BCUT2D eigenvalue weighted by molar-refractivity contribution is 5.71. The Labute approximate surface area is 79.8 Å². The first-order valence-corrected chi connectivity index (χ1v) is 5.02. The van der Waals surface area contributed by atoms with E-state index in [0.29, 0.717) is 12.6 Å². The van der Waals surface area contributed by atoms with E-state index < -0.39 is 0 Å². The number of rotatable bonds is 5. The van der Waals surface area contributed by atoms with Crippen molar-refractivity contribution in [3.63, 3.8) is 0 Å². The molecule has 0 aromatic carbocycles. The van der Waals surface area contributed by atoms with Crippen molar-refractivity contribution < 1.29 is 9.53 Å². The van der Waals surface area contributed by atoms with Gasteiger partial charge in [0.2, 0.25) is 0 Å². The molecule has 0 heterocycles. The molecule has 1 atom stereocenters. The minimum atomic E-state index is -0.180. The van der Waals surface area contributed by atoms with Crippen LogP contribution in [-0.2, 0) is 9.53 Å². The summed E-state index contributed by atoms with van der Waals surface area (Å²) in [5.74, 6) is 0.709. The van der Waals surface area contributed by atoms with E-state index in [9.17, 15) is 4.79 Å². The van der Waals surface area contributed by atoms with Crippen LogP contribution in [0, 0.1) is 5.92 Å². The lowest BCUT2D eigenvalue weighted by Gasteiger charge is -2.28. The maximum atomic E-state index is 10.8. The second-order valence-corrected chi connectivity index (χ2v) is 3.89. The zero-order valence-electron chi connectivity index (χ0n) is 8.51. The van der Waals surface area contributed by atoms with Crippen molar-refractivity contribution in [2.75, 3.05) is 13.7 Å². The van der Waals surface area contributed by atoms with Crippen molar-refractivity contribution in [2.24, 2.45) is 5.92 Å². The zero-order chi connectivity index (χ0) is 9.68. The molecule has 0 amide bonds. The quantitative estimate of drug-likeness (QED) is 0.657. The zero-order valence-corrected chi connectivity index (χ0v) is 8.51. The van der Waals surface area contributed by atoms with E-state index in [1.54, 1.807) is 0 Å². The average molecular weight is 185 g/mol. The van der Waals surface area contributed by atoms with Crippen molar-refractivity contribution in [1.82, 2.24) is 5.32 Å². The monoisotopic (exact) mass is 185 g/mol. The van der Waals surface area contributed by atoms with E-state index in [2.05, 4.69) is 17.0 Å². The number of ether oxygens (including phenoxy) is 1. The molecule has 1 rings (SSSR count). The van der Waals surface area contributed by atoms with Crippen molar-refractivity contribution in [2.45, 2.75) is 38.6 Å². The van der Waals surface area contributed by atoms with Crippen LogP contribution >= 0.6 is 0 Å². The van der Waals surface area contributed by atoms with Crippen LogP contribution < -0.4 is 5.32 Å². The first-order chi connectivity index (χ1) is 6.22. The summed E-state index contributed by atoms with van der Waals surface area (Å²) in [5.41, 5.74) is 0. The number of nitrogens with one attached hydrogen (secondary N) is 1. The molecule has 1 aliphatic carbocycles. The molecular weight excluding hydrogens is 166 g/mol. The molecule has 0 radical (unpaired) electrons. The molecule has 3 nitrogen and oxygen atoms in total. The highest BCUT2D eigenvalue weighted by Gasteiger charge is 2.19. The number of esters is 1. The van der Waals surface area contributed by atoms with Crippen LogP contribution in [-0.4, -0.2) is 25.7 Å². The van der Waals surface area contributed by atoms with E-state index >= 15 is 0 Å². The van der Waals surface area contributed by atoms with Gasteiger partial charge >= 0.3 is 5.97 Å². The second kappa shape index (κ2) is 5.22. The van der Waals surface area contributed by atoms with Gasteiger partial charge in [-0.25, -0.2) is 0 Å². The Bertz CT molecular complexity index is 166. The number of carbonyl (C=O) groups excluding carboxylic acids is 1. The van der Waals surface area contributed by atoms with Gasteiger partial charge in [0.05, 0.1) is 13.7 Å². The smallest absolute Gasteiger partial charge is 0.319 e. The molecule has 1 saturated carbocycles. The normalized spacial score (nSPS) is 19.2. The molecular formula is C10H19NO2. The molecule has 3 heteroatoms. The van der Waals surface area contributed by atoms with Crippen LogP contribution in [0.4, 0.5) is 0 Å². The highest BCUT2D eigenvalue weighted by Crippen LogP contribution is 2.30. The summed E-state index contributed by atoms with van der Waals surface area (Å²) in [5, 5.41) is 3.16. The fourth-order valence-corrected chi connectivity index (χ4v) is 1.64. The van der Waals surface area contributed by atoms with Crippen LogP contribution in [0.25, 0.3) is 0 Å². The minimum absolute atomic E-state index is 0.180. The lowest BCUT2D eigenvalue weighted by molar-refractivity contribution is -0.139. The van der Waals surface area contributed by atoms with Gasteiger partial charge < -0.3 is 10.1 Å². The van der Waals surface area contributed by atoms with Gasteiger partial charge in [-0.05, 0) is 19.3 Å². The summed E-state index contributed by atoms with van der Waals surface area (Å²) in [4.78, 5) is 10.8. The Morgan fingerprint density at radius 1 is 1.62 bits per heavy atom. The van der Waals surface area contributed by atoms with Crippen LogP contribution in [0.2, 0.25) is 0 Å². The molecule has 1 fully saturated rings. The van der Waals surface area contributed by atoms with E-state index in [1.165, 1.54) is 32.8 Å². The molecule has 1 aliphatic rings. The Morgan fingerprint density at radius 2 is 2.31 bits per heavy atom. The standard InChI is InChI=1S/C10H19NO2/c1-8(6-9-4-3-5-9)11-7-10(12)13-2/h8-9,11H,3-7H2,1-2H3. The number of methoxy groups -OCH3 is 1. The van der Waals surface area contributed by atoms with E-state index in [1.807, 2.05) is 0 Å². The SMILES string of the molecule is COC(=O)CNC(C)CC1CCC1. The van der Waals surface area contributed by atoms with E-state index in [-0.39, 0.29) is 5.97 Å². The number of hydrogen-bond donors (Lipinski definition) is 1. The molecule has 0 saturated heterocycles. The third-order valence-electron chi connectivity index (χ3n) is 2.73. The average Bonchev–Trinajstić information content (AvgIpc) is 2.07. The molecule has 1 N–H and O–H groups in total. The van der Waals surface area contributed by atoms with Crippen molar-refractivity contribution in [1.29, 1.82) is 0 Å². The summed E-state index contributed by atoms with van der Waals surface area (Å²) in [6.07, 6.45) is 5.31. The van der Waals surface area contributed by atoms with Gasteiger partial charge in [0.15, 0.2) is 0 Å². The predicted octanol–water partition coefficient (Wildman–Crippen LogP) is 1.33. The third kappa shape index (κ3) is 3.77. The highest BCUT2D eigenvalue weighted by atomic mass is 16.5. The van der Waals surface area contributed by atoms with E-state index in [4.69, 9.17) is 0 Å². The van der Waals surface area contributed by atoms with Crippen LogP contribution in [0.5, 0.6) is 0 Å². The molecule has 0 aromatic rings. The molecule has 0 spiro atoms. The molecule has 76 valence electrons. The van der Waals surface area contributed by atoms with Gasteiger partial charge in [-0.2, -0.15) is 0 Å². The fraction of sp³-hybridized carbons (Fsp3) is 0.900. The summed E-state index contributed by atoms with van der Waals surface area (Å²) in [7, 11) is 1.42. The van der Waals surface area contributed by atoms with Gasteiger partial charge in [0, 0.05) is 6.04 Å². The maximum absolute atomic E-state index is 10.8. The number of hydrogen-bond acceptors (Lipinski definition) is 3. The molecule has 0 aliphatic heterocycles. The number of carbonyl (C=O) groups is 1. The molecule has 1 unspecified atom stereocenters. The largest absolute Gasteiger partial charge is 0.468 e. The molecule has 0 bridgehead atoms. The van der Waals surface area contributed by atoms with E-state index in [0.717, 1.165) is 5.92 Å². The van der Waals surface area contributed by atoms with Gasteiger partial charge in [-0.1, -0.05) is 19.3 Å². The lowest BCUT2D eigenvalue weighted by Crippen LogP contribution is -2.34.